The zero-order chi connectivity index (χ0) is 12.2. The number of aryl methyl sites for hydroxylation is 1. The van der Waals surface area contributed by atoms with Gasteiger partial charge in [0.1, 0.15) is 0 Å². The van der Waals surface area contributed by atoms with Gasteiger partial charge in [-0.2, -0.15) is 0 Å². The molecule has 1 aromatic rings. The number of alkyl halides is 3. The molecule has 1 atom stereocenters. The topological polar surface area (TPSA) is 21.3 Å². The van der Waals surface area contributed by atoms with Gasteiger partial charge in [0.2, 0.25) is 0 Å². The van der Waals surface area contributed by atoms with Crippen LogP contribution in [-0.2, 0) is 4.74 Å². The molecule has 0 saturated heterocycles. The average Bonchev–Trinajstić information content (AvgIpc) is 2.57. The molecule has 0 fully saturated rings. The summed E-state index contributed by atoms with van der Waals surface area (Å²) in [6.07, 6.45) is -4.54. The molecule has 0 spiro atoms. The average molecular weight is 253 g/mol. The van der Waals surface area contributed by atoms with Gasteiger partial charge in [-0.15, -0.1) is 24.5 Å². The Bertz CT molecular complexity index is 324. The van der Waals surface area contributed by atoms with Crippen LogP contribution in [-0.4, -0.2) is 19.5 Å². The lowest BCUT2D eigenvalue weighted by Gasteiger charge is -2.12. The number of hydrogen-bond donors (Lipinski definition) is 1. The number of hydrogen-bond acceptors (Lipinski definition) is 3. The monoisotopic (exact) mass is 253 g/mol. The van der Waals surface area contributed by atoms with Crippen LogP contribution in [0, 0.1) is 6.92 Å². The van der Waals surface area contributed by atoms with Gasteiger partial charge < -0.3 is 5.32 Å². The maximum atomic E-state index is 11.7. The SMILES string of the molecule is Cc1ccc(C(C)NCCOC(F)(F)F)s1. The van der Waals surface area contributed by atoms with Gasteiger partial charge in [0, 0.05) is 22.3 Å². The van der Waals surface area contributed by atoms with Crippen molar-refractivity contribution in [2.75, 3.05) is 13.2 Å². The van der Waals surface area contributed by atoms with E-state index in [4.69, 9.17) is 0 Å². The minimum absolute atomic E-state index is 0.0514. The van der Waals surface area contributed by atoms with Crippen LogP contribution < -0.4 is 5.32 Å². The van der Waals surface area contributed by atoms with Gasteiger partial charge in [0.25, 0.3) is 0 Å². The third-order valence-corrected chi connectivity index (χ3v) is 3.19. The number of thiophene rings is 1. The van der Waals surface area contributed by atoms with Crippen LogP contribution >= 0.6 is 11.3 Å². The predicted molar refractivity (Wildman–Crippen MR) is 57.5 cm³/mol. The van der Waals surface area contributed by atoms with Crippen LogP contribution in [0.4, 0.5) is 13.2 Å². The first-order chi connectivity index (χ1) is 7.38. The molecular formula is C10H14F3NOS. The van der Waals surface area contributed by atoms with Crippen molar-refractivity contribution in [2.24, 2.45) is 0 Å². The van der Waals surface area contributed by atoms with Crippen molar-refractivity contribution >= 4 is 11.3 Å². The molecule has 1 unspecified atom stereocenters. The molecule has 1 N–H and O–H groups in total. The molecule has 0 saturated carbocycles. The first kappa shape index (κ1) is 13.5. The Kier molecular flexibility index (Phi) is 4.76. The number of ether oxygens (including phenoxy) is 1. The zero-order valence-electron chi connectivity index (χ0n) is 9.10. The van der Waals surface area contributed by atoms with E-state index in [1.807, 2.05) is 26.0 Å². The van der Waals surface area contributed by atoms with Crippen molar-refractivity contribution in [2.45, 2.75) is 26.3 Å². The maximum Gasteiger partial charge on any atom is 0.522 e. The van der Waals surface area contributed by atoms with Crippen LogP contribution in [0.15, 0.2) is 12.1 Å². The second-order valence-corrected chi connectivity index (χ2v) is 4.74. The van der Waals surface area contributed by atoms with Crippen molar-refractivity contribution in [3.8, 4) is 0 Å². The predicted octanol–water partition coefficient (Wildman–Crippen LogP) is 3.24. The second-order valence-electron chi connectivity index (χ2n) is 3.42. The van der Waals surface area contributed by atoms with E-state index in [1.54, 1.807) is 11.3 Å². The summed E-state index contributed by atoms with van der Waals surface area (Å²) in [5.74, 6) is 0. The smallest absolute Gasteiger partial charge is 0.307 e. The lowest BCUT2D eigenvalue weighted by Crippen LogP contribution is -2.26. The Morgan fingerprint density at radius 1 is 1.44 bits per heavy atom. The number of rotatable bonds is 5. The van der Waals surface area contributed by atoms with E-state index in [-0.39, 0.29) is 19.2 Å². The fourth-order valence-corrected chi connectivity index (χ4v) is 2.13. The Morgan fingerprint density at radius 2 is 2.12 bits per heavy atom. The summed E-state index contributed by atoms with van der Waals surface area (Å²) in [6, 6.07) is 4.02. The summed E-state index contributed by atoms with van der Waals surface area (Å²) < 4.78 is 38.6. The number of halogens is 3. The largest absolute Gasteiger partial charge is 0.522 e. The van der Waals surface area contributed by atoms with E-state index < -0.39 is 6.36 Å². The van der Waals surface area contributed by atoms with Gasteiger partial charge in [-0.1, -0.05) is 0 Å². The quantitative estimate of drug-likeness (QED) is 0.813. The fourth-order valence-electron chi connectivity index (χ4n) is 1.23. The van der Waals surface area contributed by atoms with E-state index in [0.717, 1.165) is 4.88 Å². The van der Waals surface area contributed by atoms with Gasteiger partial charge in [-0.05, 0) is 26.0 Å². The molecular weight excluding hydrogens is 239 g/mol. The summed E-state index contributed by atoms with van der Waals surface area (Å²) in [7, 11) is 0. The molecule has 0 bridgehead atoms. The van der Waals surface area contributed by atoms with Gasteiger partial charge in [0.15, 0.2) is 0 Å². The molecule has 16 heavy (non-hydrogen) atoms. The molecule has 0 aromatic carbocycles. The minimum atomic E-state index is -4.54. The van der Waals surface area contributed by atoms with E-state index in [1.165, 1.54) is 4.88 Å². The summed E-state index contributed by atoms with van der Waals surface area (Å²) in [5, 5.41) is 2.97. The zero-order valence-corrected chi connectivity index (χ0v) is 9.91. The lowest BCUT2D eigenvalue weighted by molar-refractivity contribution is -0.323. The van der Waals surface area contributed by atoms with E-state index in [0.29, 0.717) is 0 Å². The normalized spacial score (nSPS) is 14.1. The molecule has 1 heterocycles. The molecule has 6 heteroatoms. The maximum absolute atomic E-state index is 11.7. The summed E-state index contributed by atoms with van der Waals surface area (Å²) in [4.78, 5) is 2.31. The summed E-state index contributed by atoms with van der Waals surface area (Å²) in [6.45, 7) is 3.72. The van der Waals surface area contributed by atoms with Gasteiger partial charge >= 0.3 is 6.36 Å². The highest BCUT2D eigenvalue weighted by molar-refractivity contribution is 7.12. The van der Waals surface area contributed by atoms with Crippen molar-refractivity contribution < 1.29 is 17.9 Å². The Balaban J connectivity index is 2.23. The third kappa shape index (κ3) is 4.96. The first-order valence-electron chi connectivity index (χ1n) is 4.89. The van der Waals surface area contributed by atoms with Crippen molar-refractivity contribution in [1.82, 2.24) is 5.32 Å². The molecule has 0 aliphatic heterocycles. The first-order valence-corrected chi connectivity index (χ1v) is 5.70. The van der Waals surface area contributed by atoms with Crippen molar-refractivity contribution in [1.29, 1.82) is 0 Å². The van der Waals surface area contributed by atoms with Crippen LogP contribution in [0.5, 0.6) is 0 Å². The molecule has 1 rings (SSSR count). The third-order valence-electron chi connectivity index (χ3n) is 2.01. The highest BCUT2D eigenvalue weighted by atomic mass is 32.1. The fraction of sp³-hybridized carbons (Fsp3) is 0.600. The van der Waals surface area contributed by atoms with Gasteiger partial charge in [0.05, 0.1) is 6.61 Å². The Labute approximate surface area is 96.4 Å². The molecule has 0 radical (unpaired) electrons. The van der Waals surface area contributed by atoms with Gasteiger partial charge in [-0.25, -0.2) is 0 Å². The molecule has 0 aliphatic carbocycles. The summed E-state index contributed by atoms with van der Waals surface area (Å²) in [5.41, 5.74) is 0. The standard InChI is InChI=1S/C10H14F3NOS/c1-7-3-4-9(16-7)8(2)14-5-6-15-10(11,12)13/h3-4,8,14H,5-6H2,1-2H3. The Hall–Kier alpha value is -0.590. The van der Waals surface area contributed by atoms with Crippen LogP contribution in [0.1, 0.15) is 22.7 Å². The van der Waals surface area contributed by atoms with Gasteiger partial charge in [-0.3, -0.25) is 4.74 Å². The molecule has 2 nitrogen and oxygen atoms in total. The van der Waals surface area contributed by atoms with E-state index in [2.05, 4.69) is 10.1 Å². The lowest BCUT2D eigenvalue weighted by atomic mass is 10.3. The minimum Gasteiger partial charge on any atom is -0.307 e. The van der Waals surface area contributed by atoms with Crippen LogP contribution in [0.25, 0.3) is 0 Å². The summed E-state index contributed by atoms with van der Waals surface area (Å²) >= 11 is 1.63. The molecule has 0 amide bonds. The van der Waals surface area contributed by atoms with E-state index in [9.17, 15) is 13.2 Å². The molecule has 1 aromatic heterocycles. The van der Waals surface area contributed by atoms with E-state index >= 15 is 0 Å². The second kappa shape index (κ2) is 5.65. The Morgan fingerprint density at radius 3 is 2.62 bits per heavy atom. The van der Waals surface area contributed by atoms with Crippen molar-refractivity contribution in [3.63, 3.8) is 0 Å². The van der Waals surface area contributed by atoms with Crippen LogP contribution in [0.3, 0.4) is 0 Å². The number of nitrogens with one attached hydrogen (secondary N) is 1. The van der Waals surface area contributed by atoms with Crippen LogP contribution in [0.2, 0.25) is 0 Å². The highest BCUT2D eigenvalue weighted by Crippen LogP contribution is 2.22. The molecule has 92 valence electrons. The van der Waals surface area contributed by atoms with Crippen molar-refractivity contribution in [3.05, 3.63) is 21.9 Å². The highest BCUT2D eigenvalue weighted by Gasteiger charge is 2.28. The molecule has 0 aliphatic rings.